The van der Waals surface area contributed by atoms with E-state index in [0.717, 1.165) is 19.3 Å². The van der Waals surface area contributed by atoms with Gasteiger partial charge in [-0.2, -0.15) is 0 Å². The van der Waals surface area contributed by atoms with Crippen molar-refractivity contribution in [2.24, 2.45) is 0 Å². The van der Waals surface area contributed by atoms with E-state index < -0.39 is 0 Å². The molecule has 1 aromatic carbocycles. The van der Waals surface area contributed by atoms with Gasteiger partial charge in [-0.3, -0.25) is 4.79 Å². The van der Waals surface area contributed by atoms with E-state index in [2.05, 4.69) is 6.92 Å². The van der Waals surface area contributed by atoms with Crippen molar-refractivity contribution < 1.29 is 14.6 Å². The Labute approximate surface area is 134 Å². The van der Waals surface area contributed by atoms with E-state index in [0.29, 0.717) is 19.4 Å². The molecule has 1 rings (SSSR count). The van der Waals surface area contributed by atoms with Crippen molar-refractivity contribution in [1.82, 2.24) is 0 Å². The van der Waals surface area contributed by atoms with Crippen molar-refractivity contribution >= 4 is 5.97 Å². The summed E-state index contributed by atoms with van der Waals surface area (Å²) >= 11 is 0. The van der Waals surface area contributed by atoms with Crippen molar-refractivity contribution in [3.8, 4) is 0 Å². The number of hydrogen-bond donors (Lipinski definition) is 1. The van der Waals surface area contributed by atoms with Gasteiger partial charge in [-0.15, -0.1) is 0 Å². The summed E-state index contributed by atoms with van der Waals surface area (Å²) in [5, 5.41) is 9.85. The molecule has 0 saturated heterocycles. The number of unbranched alkanes of at least 4 members (excludes halogenated alkanes) is 4. The first-order chi connectivity index (χ1) is 10.7. The van der Waals surface area contributed by atoms with Crippen LogP contribution in [0.15, 0.2) is 30.3 Å². The lowest BCUT2D eigenvalue weighted by Crippen LogP contribution is -2.13. The third-order valence-electron chi connectivity index (χ3n) is 3.82. The molecule has 0 fully saturated rings. The van der Waals surface area contributed by atoms with Gasteiger partial charge in [-0.1, -0.05) is 69.4 Å². The summed E-state index contributed by atoms with van der Waals surface area (Å²) in [6, 6.07) is 9.98. The molecule has 3 nitrogen and oxygen atoms in total. The van der Waals surface area contributed by atoms with Crippen molar-refractivity contribution in [2.45, 2.75) is 70.8 Å². The van der Waals surface area contributed by atoms with E-state index in [4.69, 9.17) is 4.74 Å². The van der Waals surface area contributed by atoms with Crippen LogP contribution in [0.5, 0.6) is 0 Å². The highest BCUT2D eigenvalue weighted by molar-refractivity contribution is 5.69. The van der Waals surface area contributed by atoms with Crippen LogP contribution in [-0.4, -0.2) is 23.8 Å². The summed E-state index contributed by atoms with van der Waals surface area (Å²) in [4.78, 5) is 11.6. The zero-order chi connectivity index (χ0) is 16.0. The molecular weight excluding hydrogens is 276 g/mol. The number of aliphatic hydroxyl groups is 1. The summed E-state index contributed by atoms with van der Waals surface area (Å²) in [5.41, 5.74) is 1.17. The highest BCUT2D eigenvalue weighted by Gasteiger charge is 2.09. The molecule has 3 heteroatoms. The molecular formula is C19H30O3. The highest BCUT2D eigenvalue weighted by Crippen LogP contribution is 2.11. The van der Waals surface area contributed by atoms with Gasteiger partial charge in [0.1, 0.15) is 0 Å². The summed E-state index contributed by atoms with van der Waals surface area (Å²) in [7, 11) is 0. The average Bonchev–Trinajstić information content (AvgIpc) is 2.54. The fourth-order valence-corrected chi connectivity index (χ4v) is 2.41. The van der Waals surface area contributed by atoms with Crippen molar-refractivity contribution in [3.05, 3.63) is 35.9 Å². The van der Waals surface area contributed by atoms with E-state index in [1.807, 2.05) is 30.3 Å². The fraction of sp³-hybridized carbons (Fsp3) is 0.632. The second-order valence-electron chi connectivity index (χ2n) is 5.85. The number of aliphatic hydroxyl groups excluding tert-OH is 1. The third-order valence-corrected chi connectivity index (χ3v) is 3.82. The van der Waals surface area contributed by atoms with E-state index >= 15 is 0 Å². The number of rotatable bonds is 12. The van der Waals surface area contributed by atoms with Crippen LogP contribution in [0.4, 0.5) is 0 Å². The quantitative estimate of drug-likeness (QED) is 0.463. The molecule has 124 valence electrons. The van der Waals surface area contributed by atoms with E-state index in [9.17, 15) is 9.90 Å². The minimum Gasteiger partial charge on any atom is -0.465 e. The maximum absolute atomic E-state index is 11.6. The maximum atomic E-state index is 11.6. The summed E-state index contributed by atoms with van der Waals surface area (Å²) in [5.74, 6) is -0.207. The molecule has 1 aromatic rings. The number of esters is 1. The molecule has 0 aromatic heterocycles. The number of benzene rings is 1. The van der Waals surface area contributed by atoms with E-state index in [-0.39, 0.29) is 12.1 Å². The predicted molar refractivity (Wildman–Crippen MR) is 89.7 cm³/mol. The Bertz CT molecular complexity index is 389. The summed E-state index contributed by atoms with van der Waals surface area (Å²) in [6.07, 6.45) is 7.95. The second-order valence-corrected chi connectivity index (χ2v) is 5.85. The molecule has 0 aliphatic rings. The van der Waals surface area contributed by atoms with Gasteiger partial charge in [0.25, 0.3) is 0 Å². The third kappa shape index (κ3) is 9.56. The number of ether oxygens (including phenoxy) is 1. The lowest BCUT2D eigenvalue weighted by atomic mass is 10.1. The van der Waals surface area contributed by atoms with Crippen LogP contribution in [-0.2, 0) is 16.0 Å². The Hall–Kier alpha value is -1.35. The van der Waals surface area contributed by atoms with Gasteiger partial charge in [0.15, 0.2) is 0 Å². The largest absolute Gasteiger partial charge is 0.465 e. The van der Waals surface area contributed by atoms with Crippen LogP contribution in [0.3, 0.4) is 0 Å². The van der Waals surface area contributed by atoms with E-state index in [1.165, 1.54) is 31.2 Å². The van der Waals surface area contributed by atoms with Crippen LogP contribution >= 0.6 is 0 Å². The minimum absolute atomic E-state index is 0.207. The SMILES string of the molecule is CCCCCCCC(O)CCC(=O)OCCc1ccccc1. The normalized spacial score (nSPS) is 12.1. The van der Waals surface area contributed by atoms with Crippen molar-refractivity contribution in [1.29, 1.82) is 0 Å². The van der Waals surface area contributed by atoms with Crippen LogP contribution in [0.25, 0.3) is 0 Å². The van der Waals surface area contributed by atoms with E-state index in [1.54, 1.807) is 0 Å². The molecule has 1 N–H and O–H groups in total. The monoisotopic (exact) mass is 306 g/mol. The lowest BCUT2D eigenvalue weighted by molar-refractivity contribution is -0.144. The van der Waals surface area contributed by atoms with Crippen LogP contribution < -0.4 is 0 Å². The summed E-state index contributed by atoms with van der Waals surface area (Å²) < 4.78 is 5.20. The van der Waals surface area contributed by atoms with Crippen LogP contribution in [0.1, 0.15) is 63.9 Å². The summed E-state index contributed by atoms with van der Waals surface area (Å²) in [6.45, 7) is 2.61. The van der Waals surface area contributed by atoms with Gasteiger partial charge in [0, 0.05) is 12.8 Å². The standard InChI is InChI=1S/C19H30O3/c1-2-3-4-5-9-12-18(20)13-14-19(21)22-16-15-17-10-7-6-8-11-17/h6-8,10-11,18,20H,2-5,9,12-16H2,1H3. The second kappa shape index (κ2) is 12.2. The number of carbonyl (C=O) groups is 1. The van der Waals surface area contributed by atoms with Gasteiger partial charge in [-0.05, 0) is 18.4 Å². The Kier molecular flexibility index (Phi) is 10.4. The average molecular weight is 306 g/mol. The minimum atomic E-state index is -0.372. The maximum Gasteiger partial charge on any atom is 0.305 e. The first-order valence-electron chi connectivity index (χ1n) is 8.60. The smallest absolute Gasteiger partial charge is 0.305 e. The topological polar surface area (TPSA) is 46.5 Å². The van der Waals surface area contributed by atoms with Gasteiger partial charge in [0.2, 0.25) is 0 Å². The Morgan fingerprint density at radius 2 is 1.82 bits per heavy atom. The molecule has 0 aliphatic heterocycles. The Morgan fingerprint density at radius 1 is 1.09 bits per heavy atom. The molecule has 0 heterocycles. The molecule has 0 aliphatic carbocycles. The van der Waals surface area contributed by atoms with Gasteiger partial charge in [0.05, 0.1) is 12.7 Å². The zero-order valence-electron chi connectivity index (χ0n) is 13.8. The first kappa shape index (κ1) is 18.7. The van der Waals surface area contributed by atoms with Crippen LogP contribution in [0.2, 0.25) is 0 Å². The predicted octanol–water partition coefficient (Wildman–Crippen LogP) is 4.27. The van der Waals surface area contributed by atoms with Gasteiger partial charge >= 0.3 is 5.97 Å². The molecule has 0 spiro atoms. The van der Waals surface area contributed by atoms with Crippen molar-refractivity contribution in [3.63, 3.8) is 0 Å². The zero-order valence-corrected chi connectivity index (χ0v) is 13.8. The number of hydrogen-bond acceptors (Lipinski definition) is 3. The van der Waals surface area contributed by atoms with Crippen LogP contribution in [0, 0.1) is 0 Å². The van der Waals surface area contributed by atoms with Gasteiger partial charge < -0.3 is 9.84 Å². The molecule has 1 atom stereocenters. The molecule has 0 bridgehead atoms. The van der Waals surface area contributed by atoms with Gasteiger partial charge in [-0.25, -0.2) is 0 Å². The molecule has 1 unspecified atom stereocenters. The highest BCUT2D eigenvalue weighted by atomic mass is 16.5. The molecule has 0 saturated carbocycles. The Morgan fingerprint density at radius 3 is 2.55 bits per heavy atom. The fourth-order valence-electron chi connectivity index (χ4n) is 2.41. The number of carbonyl (C=O) groups excluding carboxylic acids is 1. The molecule has 0 radical (unpaired) electrons. The first-order valence-corrected chi connectivity index (χ1v) is 8.60. The Balaban J connectivity index is 2.00. The molecule has 0 amide bonds. The van der Waals surface area contributed by atoms with Crippen molar-refractivity contribution in [2.75, 3.05) is 6.61 Å². The lowest BCUT2D eigenvalue weighted by Gasteiger charge is -2.10. The molecule has 22 heavy (non-hydrogen) atoms.